The van der Waals surface area contributed by atoms with E-state index in [0.29, 0.717) is 17.9 Å². The Morgan fingerprint density at radius 3 is 3.00 bits per heavy atom. The maximum Gasteiger partial charge on any atom is 0.312 e. The molecule has 0 N–H and O–H groups in total. The van der Waals surface area contributed by atoms with Crippen LogP contribution < -0.4 is 0 Å². The van der Waals surface area contributed by atoms with Crippen LogP contribution in [0.25, 0.3) is 5.65 Å². The Hall–Kier alpha value is -2.24. The van der Waals surface area contributed by atoms with Crippen LogP contribution in [0.1, 0.15) is 18.2 Å². The minimum Gasteiger partial charge on any atom is -0.466 e. The Morgan fingerprint density at radius 1 is 1.56 bits per heavy atom. The van der Waals surface area contributed by atoms with Crippen molar-refractivity contribution >= 4 is 17.4 Å². The zero-order valence-corrected chi connectivity index (χ0v) is 10.2. The summed E-state index contributed by atoms with van der Waals surface area (Å²) in [7, 11) is 0. The highest BCUT2D eigenvalue weighted by molar-refractivity contribution is 5.74. The van der Waals surface area contributed by atoms with Crippen molar-refractivity contribution in [3.8, 4) is 0 Å². The first kappa shape index (κ1) is 12.2. The number of hydrogen-bond donors (Lipinski definition) is 0. The number of hydrogen-bond acceptors (Lipinski definition) is 5. The Labute approximate surface area is 104 Å². The molecule has 2 aromatic heterocycles. The lowest BCUT2D eigenvalue weighted by molar-refractivity contribution is -0.142. The fourth-order valence-electron chi connectivity index (χ4n) is 1.75. The summed E-state index contributed by atoms with van der Waals surface area (Å²) in [5.41, 5.74) is 1.96. The number of pyridine rings is 1. The molecule has 0 aliphatic rings. The van der Waals surface area contributed by atoms with Gasteiger partial charge in [0.25, 0.3) is 0 Å². The first-order valence-electron chi connectivity index (χ1n) is 5.62. The number of ether oxygens (including phenoxy) is 1. The van der Waals surface area contributed by atoms with E-state index in [9.17, 15) is 9.70 Å². The summed E-state index contributed by atoms with van der Waals surface area (Å²) in [5.74, 6) is -0.263. The van der Waals surface area contributed by atoms with E-state index >= 15 is 0 Å². The Bertz CT molecular complexity index is 604. The van der Waals surface area contributed by atoms with Gasteiger partial charge in [-0.15, -0.1) is 4.91 Å². The van der Waals surface area contributed by atoms with Crippen molar-refractivity contribution in [2.24, 2.45) is 5.18 Å². The predicted molar refractivity (Wildman–Crippen MR) is 65.7 cm³/mol. The largest absolute Gasteiger partial charge is 0.466 e. The summed E-state index contributed by atoms with van der Waals surface area (Å²) in [5, 5.41) is 2.94. The molecule has 2 rings (SSSR count). The third-order valence-electron chi connectivity index (χ3n) is 2.53. The van der Waals surface area contributed by atoms with E-state index in [1.807, 2.05) is 19.1 Å². The van der Waals surface area contributed by atoms with Crippen LogP contribution in [0.5, 0.6) is 0 Å². The van der Waals surface area contributed by atoms with Gasteiger partial charge in [-0.1, -0.05) is 0 Å². The van der Waals surface area contributed by atoms with Gasteiger partial charge < -0.3 is 4.74 Å². The molecule has 0 spiro atoms. The second-order valence-electron chi connectivity index (χ2n) is 3.89. The average Bonchev–Trinajstić information content (AvgIpc) is 2.65. The van der Waals surface area contributed by atoms with Gasteiger partial charge in [0.1, 0.15) is 11.3 Å². The van der Waals surface area contributed by atoms with Crippen LogP contribution in [0.4, 0.5) is 5.82 Å². The first-order valence-corrected chi connectivity index (χ1v) is 5.62. The topological polar surface area (TPSA) is 73.0 Å². The maximum absolute atomic E-state index is 11.4. The highest BCUT2D eigenvalue weighted by atomic mass is 16.5. The normalized spacial score (nSPS) is 10.6. The molecule has 94 valence electrons. The summed E-state index contributed by atoms with van der Waals surface area (Å²) in [6, 6.07) is 3.67. The number of fused-ring (bicyclic) bond motifs is 1. The molecular formula is C12H13N3O3. The molecule has 0 amide bonds. The molecule has 18 heavy (non-hydrogen) atoms. The van der Waals surface area contributed by atoms with Gasteiger partial charge in [0, 0.05) is 6.20 Å². The van der Waals surface area contributed by atoms with Crippen molar-refractivity contribution in [2.75, 3.05) is 6.61 Å². The number of imidazole rings is 1. The van der Waals surface area contributed by atoms with Crippen LogP contribution in [-0.4, -0.2) is 22.0 Å². The number of aryl methyl sites for hydroxylation is 1. The summed E-state index contributed by atoms with van der Waals surface area (Å²) < 4.78 is 6.40. The third kappa shape index (κ3) is 2.22. The quantitative estimate of drug-likeness (QED) is 0.613. The second kappa shape index (κ2) is 4.95. The van der Waals surface area contributed by atoms with E-state index in [1.165, 1.54) is 0 Å². The van der Waals surface area contributed by atoms with Crippen LogP contribution in [0.3, 0.4) is 0 Å². The number of carbonyl (C=O) groups excluding carboxylic acids is 1. The van der Waals surface area contributed by atoms with Crippen molar-refractivity contribution < 1.29 is 9.53 Å². The summed E-state index contributed by atoms with van der Waals surface area (Å²) in [6.07, 6.45) is 1.67. The Morgan fingerprint density at radius 2 is 2.33 bits per heavy atom. The van der Waals surface area contributed by atoms with E-state index in [-0.39, 0.29) is 12.2 Å². The van der Waals surface area contributed by atoms with E-state index < -0.39 is 5.97 Å². The SMILES string of the molecule is CCOC(=O)Cc1nc2cc(C)ccn2c1N=O. The lowest BCUT2D eigenvalue weighted by atomic mass is 10.3. The number of nitrogens with zero attached hydrogens (tertiary/aromatic N) is 3. The van der Waals surface area contributed by atoms with E-state index in [0.717, 1.165) is 5.56 Å². The van der Waals surface area contributed by atoms with Crippen molar-refractivity contribution in [3.05, 3.63) is 34.5 Å². The maximum atomic E-state index is 11.4. The number of nitroso groups, excluding NO2 is 1. The van der Waals surface area contributed by atoms with Crippen molar-refractivity contribution in [1.82, 2.24) is 9.38 Å². The fraction of sp³-hybridized carbons (Fsp3) is 0.333. The van der Waals surface area contributed by atoms with Gasteiger partial charge in [0.05, 0.1) is 13.0 Å². The van der Waals surface area contributed by atoms with Crippen LogP contribution in [-0.2, 0) is 16.0 Å². The summed E-state index contributed by atoms with van der Waals surface area (Å²) >= 11 is 0. The van der Waals surface area contributed by atoms with E-state index in [2.05, 4.69) is 10.2 Å². The molecule has 0 saturated carbocycles. The van der Waals surface area contributed by atoms with Crippen molar-refractivity contribution in [2.45, 2.75) is 20.3 Å². The standard InChI is InChI=1S/C12H13N3O3/c1-3-18-11(16)7-9-12(14-17)15-5-4-8(2)6-10(15)13-9/h4-6H,3,7H2,1-2H3. The molecule has 2 aromatic rings. The number of rotatable bonds is 4. The van der Waals surface area contributed by atoms with Crippen LogP contribution in [0, 0.1) is 11.8 Å². The number of aromatic nitrogens is 2. The van der Waals surface area contributed by atoms with Gasteiger partial charge in [0.15, 0.2) is 0 Å². The van der Waals surface area contributed by atoms with Gasteiger partial charge in [-0.2, -0.15) is 0 Å². The third-order valence-corrected chi connectivity index (χ3v) is 2.53. The molecule has 0 radical (unpaired) electrons. The second-order valence-corrected chi connectivity index (χ2v) is 3.89. The molecule has 0 fully saturated rings. The van der Waals surface area contributed by atoms with Gasteiger partial charge in [-0.05, 0) is 36.7 Å². The molecule has 0 bridgehead atoms. The number of carbonyl (C=O) groups is 1. The molecule has 0 aromatic carbocycles. The first-order chi connectivity index (χ1) is 8.65. The fourth-order valence-corrected chi connectivity index (χ4v) is 1.75. The Kier molecular flexibility index (Phi) is 3.36. The summed E-state index contributed by atoms with van der Waals surface area (Å²) in [4.78, 5) is 26.5. The van der Waals surface area contributed by atoms with E-state index in [4.69, 9.17) is 4.74 Å². The molecule has 0 unspecified atom stereocenters. The molecular weight excluding hydrogens is 234 g/mol. The molecule has 0 aliphatic carbocycles. The van der Waals surface area contributed by atoms with Gasteiger partial charge in [-0.25, -0.2) is 4.98 Å². The summed E-state index contributed by atoms with van der Waals surface area (Å²) in [6.45, 7) is 3.95. The molecule has 6 nitrogen and oxygen atoms in total. The highest BCUT2D eigenvalue weighted by Crippen LogP contribution is 2.22. The zero-order valence-electron chi connectivity index (χ0n) is 10.2. The lowest BCUT2D eigenvalue weighted by Gasteiger charge is -1.98. The van der Waals surface area contributed by atoms with Crippen molar-refractivity contribution in [3.63, 3.8) is 0 Å². The zero-order chi connectivity index (χ0) is 13.1. The Balaban J connectivity index is 2.43. The van der Waals surface area contributed by atoms with Gasteiger partial charge in [0.2, 0.25) is 5.82 Å². The molecule has 0 atom stereocenters. The minimum atomic E-state index is -0.414. The molecule has 0 aliphatic heterocycles. The van der Waals surface area contributed by atoms with Crippen LogP contribution in [0.15, 0.2) is 23.5 Å². The monoisotopic (exact) mass is 247 g/mol. The molecule has 6 heteroatoms. The molecule has 2 heterocycles. The van der Waals surface area contributed by atoms with Crippen LogP contribution >= 0.6 is 0 Å². The smallest absolute Gasteiger partial charge is 0.312 e. The van der Waals surface area contributed by atoms with Gasteiger partial charge >= 0.3 is 5.97 Å². The lowest BCUT2D eigenvalue weighted by Crippen LogP contribution is -2.07. The predicted octanol–water partition coefficient (Wildman–Crippen LogP) is 2.15. The molecule has 0 saturated heterocycles. The van der Waals surface area contributed by atoms with E-state index in [1.54, 1.807) is 17.5 Å². The van der Waals surface area contributed by atoms with Gasteiger partial charge in [-0.3, -0.25) is 9.20 Å². The number of esters is 1. The highest BCUT2D eigenvalue weighted by Gasteiger charge is 2.16. The average molecular weight is 247 g/mol. The minimum absolute atomic E-state index is 0.0460. The van der Waals surface area contributed by atoms with Crippen molar-refractivity contribution in [1.29, 1.82) is 0 Å². The van der Waals surface area contributed by atoms with Crippen LogP contribution in [0.2, 0.25) is 0 Å².